The molecule has 0 spiro atoms. The molecule has 0 aliphatic heterocycles. The largest absolute Gasteiger partial charge is 0.495 e. The lowest BCUT2D eigenvalue weighted by Gasteiger charge is -2.09. The second-order valence-electron chi connectivity index (χ2n) is 4.96. The van der Waals surface area contributed by atoms with Crippen molar-refractivity contribution in [2.24, 2.45) is 7.05 Å². The zero-order chi connectivity index (χ0) is 15.5. The van der Waals surface area contributed by atoms with Crippen molar-refractivity contribution < 1.29 is 4.74 Å². The van der Waals surface area contributed by atoms with Crippen molar-refractivity contribution in [3.8, 4) is 11.4 Å². The van der Waals surface area contributed by atoms with Crippen molar-refractivity contribution >= 4 is 12.2 Å². The van der Waals surface area contributed by atoms with Gasteiger partial charge in [-0.3, -0.25) is 4.68 Å². The molecule has 0 aliphatic carbocycles. The SMILES string of the molecule is COc1cc(/C=C/c2ncn(C)n2)ccc1-n1cnc(C)c1. The average molecular weight is 295 g/mol. The molecule has 0 N–H and O–H groups in total. The third-order valence-corrected chi connectivity index (χ3v) is 3.24. The zero-order valence-electron chi connectivity index (χ0n) is 12.8. The summed E-state index contributed by atoms with van der Waals surface area (Å²) in [6, 6.07) is 6.00. The van der Waals surface area contributed by atoms with Gasteiger partial charge < -0.3 is 9.30 Å². The molecule has 0 aliphatic rings. The Hall–Kier alpha value is -2.89. The van der Waals surface area contributed by atoms with Gasteiger partial charge in [0.05, 0.1) is 24.8 Å². The highest BCUT2D eigenvalue weighted by Crippen LogP contribution is 2.25. The molecule has 0 unspecified atom stereocenters. The summed E-state index contributed by atoms with van der Waals surface area (Å²) in [6.45, 7) is 1.96. The predicted molar refractivity (Wildman–Crippen MR) is 84.8 cm³/mol. The van der Waals surface area contributed by atoms with E-state index < -0.39 is 0 Å². The molecule has 6 nitrogen and oxygen atoms in total. The molecule has 3 aromatic rings. The Balaban J connectivity index is 1.90. The number of ether oxygens (including phenoxy) is 1. The van der Waals surface area contributed by atoms with Crippen LogP contribution >= 0.6 is 0 Å². The molecule has 6 heteroatoms. The quantitative estimate of drug-likeness (QED) is 0.742. The minimum absolute atomic E-state index is 0.677. The Morgan fingerprint density at radius 3 is 2.64 bits per heavy atom. The summed E-state index contributed by atoms with van der Waals surface area (Å²) in [5.41, 5.74) is 2.94. The van der Waals surface area contributed by atoms with E-state index in [1.807, 2.05) is 55.1 Å². The number of aryl methyl sites for hydroxylation is 2. The van der Waals surface area contributed by atoms with Crippen molar-refractivity contribution in [3.05, 3.63) is 54.1 Å². The van der Waals surface area contributed by atoms with Gasteiger partial charge in [0.25, 0.3) is 0 Å². The molecule has 0 amide bonds. The standard InChI is InChI=1S/C16H17N5O/c1-12-9-21(11-17-12)14-6-4-13(8-15(14)22-3)5-7-16-18-10-20(2)19-16/h4-11H,1-3H3/b7-5+. The van der Waals surface area contributed by atoms with Crippen LogP contribution in [-0.2, 0) is 7.05 Å². The summed E-state index contributed by atoms with van der Waals surface area (Å²) >= 11 is 0. The number of nitrogens with zero attached hydrogens (tertiary/aromatic N) is 5. The molecular formula is C16H17N5O. The normalized spacial score (nSPS) is 11.2. The van der Waals surface area contributed by atoms with E-state index in [1.165, 1.54) is 0 Å². The van der Waals surface area contributed by atoms with E-state index in [0.29, 0.717) is 5.82 Å². The van der Waals surface area contributed by atoms with Crippen LogP contribution in [0.1, 0.15) is 17.1 Å². The van der Waals surface area contributed by atoms with Crippen LogP contribution < -0.4 is 4.74 Å². The van der Waals surface area contributed by atoms with Crippen molar-refractivity contribution in [2.45, 2.75) is 6.92 Å². The molecule has 0 saturated heterocycles. The first-order valence-corrected chi connectivity index (χ1v) is 6.88. The topological polar surface area (TPSA) is 57.8 Å². The highest BCUT2D eigenvalue weighted by molar-refractivity contribution is 5.68. The first-order valence-electron chi connectivity index (χ1n) is 6.88. The smallest absolute Gasteiger partial charge is 0.173 e. The van der Waals surface area contributed by atoms with Gasteiger partial charge in [0.2, 0.25) is 0 Å². The van der Waals surface area contributed by atoms with Crippen molar-refractivity contribution in [2.75, 3.05) is 7.11 Å². The van der Waals surface area contributed by atoms with E-state index >= 15 is 0 Å². The zero-order valence-corrected chi connectivity index (χ0v) is 12.8. The fourth-order valence-electron chi connectivity index (χ4n) is 2.17. The van der Waals surface area contributed by atoms with Gasteiger partial charge in [0.1, 0.15) is 12.1 Å². The minimum Gasteiger partial charge on any atom is -0.495 e. The molecule has 3 rings (SSSR count). The van der Waals surface area contributed by atoms with Gasteiger partial charge in [-0.05, 0) is 30.7 Å². The summed E-state index contributed by atoms with van der Waals surface area (Å²) in [7, 11) is 3.51. The number of aromatic nitrogens is 5. The van der Waals surface area contributed by atoms with Gasteiger partial charge in [-0.1, -0.05) is 12.1 Å². The predicted octanol–water partition coefficient (Wildman–Crippen LogP) is 2.49. The summed E-state index contributed by atoms with van der Waals surface area (Å²) in [6.07, 6.45) is 9.24. The van der Waals surface area contributed by atoms with E-state index in [4.69, 9.17) is 4.74 Å². The molecular weight excluding hydrogens is 278 g/mol. The van der Waals surface area contributed by atoms with E-state index in [-0.39, 0.29) is 0 Å². The second kappa shape index (κ2) is 5.85. The van der Waals surface area contributed by atoms with Crippen molar-refractivity contribution in [3.63, 3.8) is 0 Å². The van der Waals surface area contributed by atoms with Crippen LogP contribution in [0.5, 0.6) is 5.75 Å². The van der Waals surface area contributed by atoms with Gasteiger partial charge in [-0.25, -0.2) is 9.97 Å². The number of benzene rings is 1. The minimum atomic E-state index is 0.677. The van der Waals surface area contributed by atoms with Gasteiger partial charge in [-0.2, -0.15) is 5.10 Å². The molecule has 2 heterocycles. The van der Waals surface area contributed by atoms with Crippen LogP contribution in [0.4, 0.5) is 0 Å². The fourth-order valence-corrected chi connectivity index (χ4v) is 2.17. The molecule has 2 aromatic heterocycles. The maximum absolute atomic E-state index is 5.49. The molecule has 0 fully saturated rings. The van der Waals surface area contributed by atoms with Crippen molar-refractivity contribution in [1.29, 1.82) is 0 Å². The molecule has 0 saturated carbocycles. The van der Waals surface area contributed by atoms with Gasteiger partial charge in [0, 0.05) is 13.2 Å². The summed E-state index contributed by atoms with van der Waals surface area (Å²) < 4.78 is 9.11. The molecule has 22 heavy (non-hydrogen) atoms. The van der Waals surface area contributed by atoms with Crippen LogP contribution in [0.15, 0.2) is 37.1 Å². The highest BCUT2D eigenvalue weighted by atomic mass is 16.5. The molecule has 112 valence electrons. The number of rotatable bonds is 4. The summed E-state index contributed by atoms with van der Waals surface area (Å²) in [5, 5.41) is 4.21. The lowest BCUT2D eigenvalue weighted by Crippen LogP contribution is -1.95. The Morgan fingerprint density at radius 2 is 2.00 bits per heavy atom. The van der Waals surface area contributed by atoms with E-state index in [2.05, 4.69) is 15.1 Å². The van der Waals surface area contributed by atoms with E-state index in [1.54, 1.807) is 24.4 Å². The Bertz CT molecular complexity index is 816. The van der Waals surface area contributed by atoms with Gasteiger partial charge >= 0.3 is 0 Å². The Morgan fingerprint density at radius 1 is 1.14 bits per heavy atom. The lowest BCUT2D eigenvalue weighted by molar-refractivity contribution is 0.413. The van der Waals surface area contributed by atoms with Crippen molar-refractivity contribution in [1.82, 2.24) is 24.3 Å². The van der Waals surface area contributed by atoms with Crippen LogP contribution in [0.25, 0.3) is 17.8 Å². The molecule has 0 radical (unpaired) electrons. The van der Waals surface area contributed by atoms with Gasteiger partial charge in [0.15, 0.2) is 5.82 Å². The molecule has 0 bridgehead atoms. The van der Waals surface area contributed by atoms with Gasteiger partial charge in [-0.15, -0.1) is 0 Å². The summed E-state index contributed by atoms with van der Waals surface area (Å²) in [4.78, 5) is 8.41. The monoisotopic (exact) mass is 295 g/mol. The fraction of sp³-hybridized carbons (Fsp3) is 0.188. The third-order valence-electron chi connectivity index (χ3n) is 3.24. The lowest BCUT2D eigenvalue weighted by atomic mass is 10.1. The average Bonchev–Trinajstić information content (AvgIpc) is 3.13. The number of imidazole rings is 1. The van der Waals surface area contributed by atoms with Crippen LogP contribution in [0.3, 0.4) is 0 Å². The number of hydrogen-bond donors (Lipinski definition) is 0. The van der Waals surface area contributed by atoms with Crippen LogP contribution in [0.2, 0.25) is 0 Å². The molecule has 1 aromatic carbocycles. The Kier molecular flexibility index (Phi) is 3.74. The second-order valence-corrected chi connectivity index (χ2v) is 4.96. The maximum Gasteiger partial charge on any atom is 0.173 e. The number of methoxy groups -OCH3 is 1. The summed E-state index contributed by atoms with van der Waals surface area (Å²) in [5.74, 6) is 1.46. The Labute approximate surface area is 128 Å². The van der Waals surface area contributed by atoms with E-state index in [9.17, 15) is 0 Å². The van der Waals surface area contributed by atoms with Crippen LogP contribution in [-0.4, -0.2) is 31.4 Å². The first-order chi connectivity index (χ1) is 10.7. The van der Waals surface area contributed by atoms with Crippen LogP contribution in [0, 0.1) is 6.92 Å². The van der Waals surface area contributed by atoms with E-state index in [0.717, 1.165) is 22.7 Å². The molecule has 0 atom stereocenters. The maximum atomic E-state index is 5.49. The number of hydrogen-bond acceptors (Lipinski definition) is 4. The highest BCUT2D eigenvalue weighted by Gasteiger charge is 2.06. The third kappa shape index (κ3) is 2.90. The first kappa shape index (κ1) is 14.1.